The first-order valence-electron chi connectivity index (χ1n) is 8.32. The first-order valence-corrected chi connectivity index (χ1v) is 9.07. The van der Waals surface area contributed by atoms with Crippen molar-refractivity contribution in [2.45, 2.75) is 50.5 Å². The van der Waals surface area contributed by atoms with Gasteiger partial charge in [0.25, 0.3) is 0 Å². The van der Waals surface area contributed by atoms with Gasteiger partial charge in [0.15, 0.2) is 0 Å². The Kier molecular flexibility index (Phi) is 3.44. The van der Waals surface area contributed by atoms with Crippen LogP contribution in [-0.2, 0) is 5.41 Å². The number of para-hydroxylation sites is 1. The molecule has 1 nitrogen and oxygen atoms in total. The minimum atomic E-state index is 0.0585. The van der Waals surface area contributed by atoms with Crippen LogP contribution in [0, 0.1) is 0 Å². The lowest BCUT2D eigenvalue weighted by Gasteiger charge is -2.50. The fraction of sp³-hybridized carbons (Fsp3) is 0.400. The van der Waals surface area contributed by atoms with E-state index in [0.717, 1.165) is 5.69 Å². The molecule has 1 fully saturated rings. The van der Waals surface area contributed by atoms with E-state index in [1.54, 1.807) is 6.07 Å². The van der Waals surface area contributed by atoms with Crippen molar-refractivity contribution in [1.29, 1.82) is 0 Å². The summed E-state index contributed by atoms with van der Waals surface area (Å²) in [5.41, 5.74) is 4.08. The molecule has 120 valence electrons. The van der Waals surface area contributed by atoms with E-state index in [4.69, 9.17) is 23.2 Å². The number of nitrogens with zero attached hydrogens (tertiary/aromatic N) is 1. The first-order chi connectivity index (χ1) is 11.0. The van der Waals surface area contributed by atoms with Crippen LogP contribution in [0.2, 0.25) is 10.0 Å². The maximum Gasteiger partial charge on any atom is 0.0517 e. The molecule has 0 saturated heterocycles. The van der Waals surface area contributed by atoms with Crippen LogP contribution < -0.4 is 4.90 Å². The van der Waals surface area contributed by atoms with Crippen LogP contribution in [-0.4, -0.2) is 5.54 Å². The van der Waals surface area contributed by atoms with Crippen LogP contribution in [0.4, 0.5) is 11.4 Å². The Morgan fingerprint density at radius 3 is 2.30 bits per heavy atom. The Bertz CT molecular complexity index is 752. The average Bonchev–Trinajstić information content (AvgIpc) is 2.71. The molecule has 2 unspecified atom stereocenters. The van der Waals surface area contributed by atoms with Gasteiger partial charge in [0, 0.05) is 26.8 Å². The molecule has 1 aliphatic heterocycles. The van der Waals surface area contributed by atoms with E-state index in [9.17, 15) is 0 Å². The number of anilines is 2. The minimum Gasteiger partial charge on any atom is -0.334 e. The molecule has 2 aromatic rings. The summed E-state index contributed by atoms with van der Waals surface area (Å²) in [4.78, 5) is 2.49. The van der Waals surface area contributed by atoms with Crippen molar-refractivity contribution in [3.8, 4) is 0 Å². The van der Waals surface area contributed by atoms with Crippen molar-refractivity contribution < 1.29 is 0 Å². The zero-order valence-corrected chi connectivity index (χ0v) is 15.1. The molecule has 0 aromatic heterocycles. The van der Waals surface area contributed by atoms with E-state index in [-0.39, 0.29) is 11.0 Å². The van der Waals surface area contributed by atoms with Crippen molar-refractivity contribution in [2.24, 2.45) is 0 Å². The molecule has 0 radical (unpaired) electrons. The fourth-order valence-corrected chi connectivity index (χ4v) is 5.28. The number of hydrogen-bond donors (Lipinski definition) is 0. The molecule has 0 spiro atoms. The second-order valence-corrected chi connectivity index (χ2v) is 8.17. The predicted molar refractivity (Wildman–Crippen MR) is 99.3 cm³/mol. The molecule has 1 aliphatic carbocycles. The summed E-state index contributed by atoms with van der Waals surface area (Å²) in [5.74, 6) is 0. The average molecular weight is 346 g/mol. The number of benzene rings is 2. The Hall–Kier alpha value is -1.18. The van der Waals surface area contributed by atoms with Crippen LogP contribution in [0.15, 0.2) is 42.5 Å². The minimum absolute atomic E-state index is 0.0585. The van der Waals surface area contributed by atoms with Gasteiger partial charge in [-0.2, -0.15) is 0 Å². The fourth-order valence-electron chi connectivity index (χ4n) is 4.77. The van der Waals surface area contributed by atoms with Crippen molar-refractivity contribution in [1.82, 2.24) is 0 Å². The Balaban J connectivity index is 1.98. The maximum atomic E-state index is 6.30. The molecule has 2 aliphatic rings. The quantitative estimate of drug-likeness (QED) is 0.553. The molecule has 1 saturated carbocycles. The van der Waals surface area contributed by atoms with Crippen LogP contribution in [0.3, 0.4) is 0 Å². The van der Waals surface area contributed by atoms with Crippen molar-refractivity contribution >= 4 is 34.6 Å². The molecule has 2 aromatic carbocycles. The van der Waals surface area contributed by atoms with E-state index >= 15 is 0 Å². The number of fused-ring (bicyclic) bond motifs is 3. The van der Waals surface area contributed by atoms with Gasteiger partial charge >= 0.3 is 0 Å². The van der Waals surface area contributed by atoms with E-state index in [0.29, 0.717) is 10.0 Å². The second kappa shape index (κ2) is 5.16. The third-order valence-corrected chi connectivity index (χ3v) is 6.55. The molecule has 0 amide bonds. The lowest BCUT2D eigenvalue weighted by atomic mass is 9.61. The molecule has 0 N–H and O–H groups in total. The molecule has 2 atom stereocenters. The lowest BCUT2D eigenvalue weighted by Crippen LogP contribution is -2.54. The summed E-state index contributed by atoms with van der Waals surface area (Å²) in [6.45, 7) is 4.83. The smallest absolute Gasteiger partial charge is 0.0517 e. The molecule has 4 rings (SSSR count). The van der Waals surface area contributed by atoms with Gasteiger partial charge in [-0.25, -0.2) is 0 Å². The largest absolute Gasteiger partial charge is 0.334 e. The molecular weight excluding hydrogens is 325 g/mol. The maximum absolute atomic E-state index is 6.30. The van der Waals surface area contributed by atoms with E-state index in [1.165, 1.54) is 36.9 Å². The van der Waals surface area contributed by atoms with Crippen LogP contribution in [0.5, 0.6) is 0 Å². The highest BCUT2D eigenvalue weighted by Gasteiger charge is 2.57. The molecule has 1 heterocycles. The van der Waals surface area contributed by atoms with Gasteiger partial charge < -0.3 is 4.90 Å². The van der Waals surface area contributed by atoms with Gasteiger partial charge in [0.1, 0.15) is 0 Å². The SMILES string of the molecule is CC12CCCCC1(C)N(c1cc(Cl)cc(Cl)c1)c1ccccc12. The second-order valence-electron chi connectivity index (χ2n) is 7.29. The Morgan fingerprint density at radius 1 is 0.913 bits per heavy atom. The highest BCUT2D eigenvalue weighted by molar-refractivity contribution is 6.35. The van der Waals surface area contributed by atoms with Gasteiger partial charge in [-0.15, -0.1) is 0 Å². The van der Waals surface area contributed by atoms with Crippen molar-refractivity contribution in [3.05, 3.63) is 58.1 Å². The number of halogens is 2. The third kappa shape index (κ3) is 2.06. The Labute approximate surface area is 148 Å². The first kappa shape index (κ1) is 15.4. The summed E-state index contributed by atoms with van der Waals surface area (Å²) in [7, 11) is 0. The number of rotatable bonds is 1. The normalized spacial score (nSPS) is 29.3. The molecule has 0 bridgehead atoms. The monoisotopic (exact) mass is 345 g/mol. The van der Waals surface area contributed by atoms with Crippen molar-refractivity contribution in [2.75, 3.05) is 4.90 Å². The summed E-state index contributed by atoms with van der Waals surface area (Å²) < 4.78 is 0. The van der Waals surface area contributed by atoms with Gasteiger partial charge in [-0.1, -0.05) is 61.2 Å². The van der Waals surface area contributed by atoms with Crippen LogP contribution >= 0.6 is 23.2 Å². The predicted octanol–water partition coefficient (Wildman–Crippen LogP) is 6.74. The van der Waals surface area contributed by atoms with Gasteiger partial charge in [0.05, 0.1) is 5.54 Å². The number of hydrogen-bond acceptors (Lipinski definition) is 1. The van der Waals surface area contributed by atoms with Gasteiger partial charge in [0.2, 0.25) is 0 Å². The standard InChI is InChI=1S/C20H21Cl2N/c1-19-9-5-6-10-20(19,2)23(18-8-4-3-7-17(18)19)16-12-14(21)11-15(22)13-16/h3-4,7-8,11-13H,5-6,9-10H2,1-2H3. The zero-order valence-electron chi connectivity index (χ0n) is 13.6. The zero-order chi connectivity index (χ0) is 16.2. The van der Waals surface area contributed by atoms with E-state index in [1.807, 2.05) is 12.1 Å². The van der Waals surface area contributed by atoms with E-state index < -0.39 is 0 Å². The van der Waals surface area contributed by atoms with Crippen LogP contribution in [0.25, 0.3) is 0 Å². The van der Waals surface area contributed by atoms with Crippen LogP contribution in [0.1, 0.15) is 45.1 Å². The molecular formula is C20H21Cl2N. The summed E-state index contributed by atoms with van der Waals surface area (Å²) in [5, 5.41) is 1.39. The lowest BCUT2D eigenvalue weighted by molar-refractivity contribution is 0.195. The third-order valence-electron chi connectivity index (χ3n) is 6.12. The van der Waals surface area contributed by atoms with E-state index in [2.05, 4.69) is 43.0 Å². The summed E-state index contributed by atoms with van der Waals surface area (Å²) in [6.07, 6.45) is 4.98. The van der Waals surface area contributed by atoms with Gasteiger partial charge in [-0.3, -0.25) is 0 Å². The molecule has 23 heavy (non-hydrogen) atoms. The topological polar surface area (TPSA) is 3.24 Å². The van der Waals surface area contributed by atoms with Gasteiger partial charge in [-0.05, 0) is 49.6 Å². The Morgan fingerprint density at radius 2 is 1.57 bits per heavy atom. The molecule has 3 heteroatoms. The highest BCUT2D eigenvalue weighted by Crippen LogP contribution is 2.60. The summed E-state index contributed by atoms with van der Waals surface area (Å²) in [6, 6.07) is 14.7. The highest BCUT2D eigenvalue weighted by atomic mass is 35.5. The van der Waals surface area contributed by atoms with Crippen molar-refractivity contribution in [3.63, 3.8) is 0 Å². The summed E-state index contributed by atoms with van der Waals surface area (Å²) >= 11 is 12.6.